The molecule has 1 aromatic heterocycles. The molecule has 1 fully saturated rings. The quantitative estimate of drug-likeness (QED) is 0.470. The highest BCUT2D eigenvalue weighted by Gasteiger charge is 2.25. The smallest absolute Gasteiger partial charge is 0.262 e. The number of amides is 1. The number of hydrogen-bond acceptors (Lipinski definition) is 4. The third-order valence-corrected chi connectivity index (χ3v) is 6.24. The molecule has 0 saturated carbocycles. The van der Waals surface area contributed by atoms with Gasteiger partial charge in [0.25, 0.3) is 5.91 Å². The summed E-state index contributed by atoms with van der Waals surface area (Å²) in [5.41, 5.74) is 4.38. The van der Waals surface area contributed by atoms with Crippen LogP contribution in [0.25, 0.3) is 6.08 Å². The van der Waals surface area contributed by atoms with Crippen LogP contribution in [-0.4, -0.2) is 42.1 Å². The lowest BCUT2D eigenvalue weighted by molar-refractivity contribution is -0.117. The Morgan fingerprint density at radius 1 is 1.28 bits per heavy atom. The molecule has 6 nitrogen and oxygen atoms in total. The highest BCUT2D eigenvalue weighted by molar-refractivity contribution is 6.01. The van der Waals surface area contributed by atoms with Gasteiger partial charge in [0.1, 0.15) is 17.4 Å². The summed E-state index contributed by atoms with van der Waals surface area (Å²) in [6.45, 7) is 9.61. The maximum atomic E-state index is 12.9. The van der Waals surface area contributed by atoms with E-state index in [1.165, 1.54) is 0 Å². The van der Waals surface area contributed by atoms with E-state index in [-0.39, 0.29) is 17.5 Å². The van der Waals surface area contributed by atoms with Crippen LogP contribution in [0.2, 0.25) is 0 Å². The van der Waals surface area contributed by atoms with Gasteiger partial charge in [0.2, 0.25) is 0 Å². The van der Waals surface area contributed by atoms with E-state index >= 15 is 0 Å². The summed E-state index contributed by atoms with van der Waals surface area (Å²) in [7, 11) is 1.66. The number of aryl methyl sites for hydroxylation is 1. The summed E-state index contributed by atoms with van der Waals surface area (Å²) in [6, 6.07) is 12.2. The van der Waals surface area contributed by atoms with Crippen LogP contribution in [-0.2, 0) is 11.3 Å². The Bertz CT molecular complexity index is 1010. The number of likely N-dealkylation sites (tertiary alicyclic amines) is 1. The Balaban J connectivity index is 1.78. The van der Waals surface area contributed by atoms with Crippen molar-refractivity contribution in [3.05, 3.63) is 58.4 Å². The molecule has 1 aliphatic rings. The molecule has 1 amide bonds. The van der Waals surface area contributed by atoms with Crippen LogP contribution in [0.4, 0.5) is 0 Å². The molecule has 2 aromatic rings. The van der Waals surface area contributed by atoms with Crippen LogP contribution >= 0.6 is 0 Å². The molecular formula is C26H34N4O2. The Labute approximate surface area is 191 Å². The molecule has 3 rings (SSSR count). The first-order valence-corrected chi connectivity index (χ1v) is 11.4. The van der Waals surface area contributed by atoms with Gasteiger partial charge in [-0.2, -0.15) is 5.26 Å². The molecule has 0 aliphatic carbocycles. The fraction of sp³-hybridized carbons (Fsp3) is 0.462. The third-order valence-electron chi connectivity index (χ3n) is 6.24. The zero-order valence-corrected chi connectivity index (χ0v) is 19.6. The van der Waals surface area contributed by atoms with E-state index in [1.807, 2.05) is 31.2 Å². The molecule has 1 atom stereocenters. The normalized spacial score (nSPS) is 15.4. The van der Waals surface area contributed by atoms with Crippen LogP contribution in [0.1, 0.15) is 54.7 Å². The maximum absolute atomic E-state index is 12.9. The van der Waals surface area contributed by atoms with E-state index in [0.717, 1.165) is 67.2 Å². The minimum absolute atomic E-state index is 0.0473. The minimum atomic E-state index is -0.333. The molecule has 0 spiro atoms. The summed E-state index contributed by atoms with van der Waals surface area (Å²) in [5, 5.41) is 12.7. The molecule has 1 aliphatic heterocycles. The average Bonchev–Trinajstić information content (AvgIpc) is 3.42. The van der Waals surface area contributed by atoms with Crippen molar-refractivity contribution in [2.45, 2.75) is 52.6 Å². The van der Waals surface area contributed by atoms with Crippen molar-refractivity contribution in [3.8, 4) is 11.8 Å². The average molecular weight is 435 g/mol. The highest BCUT2D eigenvalue weighted by atomic mass is 16.5. The molecule has 32 heavy (non-hydrogen) atoms. The van der Waals surface area contributed by atoms with Gasteiger partial charge in [-0.15, -0.1) is 0 Å². The zero-order chi connectivity index (χ0) is 23.1. The standard InChI is InChI=1S/C26H34N4O2/c1-5-11-30-19(2)14-22(20(30)3)15-23(17-27)26(31)28-18-25(29-12-6-7-13-29)21-9-8-10-24(16-21)32-4/h8-10,14-16,25H,5-7,11-13,18H2,1-4H3,(H,28,31)/b23-15+. The van der Waals surface area contributed by atoms with Gasteiger partial charge in [-0.25, -0.2) is 0 Å². The molecule has 1 aromatic carbocycles. The number of carbonyl (C=O) groups excluding carboxylic acids is 1. The lowest BCUT2D eigenvalue weighted by Crippen LogP contribution is -2.37. The van der Waals surface area contributed by atoms with E-state index in [4.69, 9.17) is 4.74 Å². The minimum Gasteiger partial charge on any atom is -0.497 e. The second-order valence-corrected chi connectivity index (χ2v) is 8.39. The lowest BCUT2D eigenvalue weighted by atomic mass is 10.0. The van der Waals surface area contributed by atoms with Crippen LogP contribution in [0.15, 0.2) is 35.9 Å². The fourth-order valence-corrected chi connectivity index (χ4v) is 4.49. The van der Waals surface area contributed by atoms with Crippen LogP contribution in [0.3, 0.4) is 0 Å². The second-order valence-electron chi connectivity index (χ2n) is 8.39. The van der Waals surface area contributed by atoms with Crippen molar-refractivity contribution < 1.29 is 9.53 Å². The summed E-state index contributed by atoms with van der Waals surface area (Å²) < 4.78 is 7.62. The van der Waals surface area contributed by atoms with Crippen molar-refractivity contribution in [1.82, 2.24) is 14.8 Å². The number of hydrogen-bond donors (Lipinski definition) is 1. The van der Waals surface area contributed by atoms with Crippen molar-refractivity contribution in [3.63, 3.8) is 0 Å². The Kier molecular flexibility index (Phi) is 8.13. The van der Waals surface area contributed by atoms with Gasteiger partial charge in [0.05, 0.1) is 13.2 Å². The third kappa shape index (κ3) is 5.41. The van der Waals surface area contributed by atoms with Gasteiger partial charge in [-0.3, -0.25) is 9.69 Å². The van der Waals surface area contributed by atoms with Gasteiger partial charge in [0, 0.05) is 24.5 Å². The number of nitriles is 1. The van der Waals surface area contributed by atoms with Gasteiger partial charge in [-0.05, 0) is 81.6 Å². The van der Waals surface area contributed by atoms with Crippen molar-refractivity contribution in [1.29, 1.82) is 5.26 Å². The van der Waals surface area contributed by atoms with Crippen molar-refractivity contribution in [2.75, 3.05) is 26.7 Å². The van der Waals surface area contributed by atoms with Crippen molar-refractivity contribution >= 4 is 12.0 Å². The fourth-order valence-electron chi connectivity index (χ4n) is 4.49. The molecule has 1 N–H and O–H groups in total. The summed E-state index contributed by atoms with van der Waals surface area (Å²) in [5.74, 6) is 0.470. The number of nitrogens with one attached hydrogen (secondary N) is 1. The summed E-state index contributed by atoms with van der Waals surface area (Å²) >= 11 is 0. The molecule has 1 saturated heterocycles. The number of aromatic nitrogens is 1. The summed E-state index contributed by atoms with van der Waals surface area (Å²) in [6.07, 6.45) is 5.06. The maximum Gasteiger partial charge on any atom is 0.262 e. The largest absolute Gasteiger partial charge is 0.497 e. The number of rotatable bonds is 9. The number of methoxy groups -OCH3 is 1. The number of carbonyl (C=O) groups is 1. The van der Waals surface area contributed by atoms with E-state index in [1.54, 1.807) is 13.2 Å². The van der Waals surface area contributed by atoms with E-state index in [9.17, 15) is 10.1 Å². The topological polar surface area (TPSA) is 70.3 Å². The molecular weight excluding hydrogens is 400 g/mol. The van der Waals surface area contributed by atoms with Crippen molar-refractivity contribution in [2.24, 2.45) is 0 Å². The Morgan fingerprint density at radius 2 is 2.03 bits per heavy atom. The molecule has 0 bridgehead atoms. The highest BCUT2D eigenvalue weighted by Crippen LogP contribution is 2.27. The van der Waals surface area contributed by atoms with Crippen LogP contribution < -0.4 is 10.1 Å². The summed E-state index contributed by atoms with van der Waals surface area (Å²) in [4.78, 5) is 15.3. The van der Waals surface area contributed by atoms with Crippen LogP contribution in [0, 0.1) is 25.2 Å². The molecule has 170 valence electrons. The van der Waals surface area contributed by atoms with E-state index in [0.29, 0.717) is 6.54 Å². The first kappa shape index (κ1) is 23.6. The van der Waals surface area contributed by atoms with Gasteiger partial charge < -0.3 is 14.6 Å². The molecule has 0 radical (unpaired) electrons. The first-order valence-electron chi connectivity index (χ1n) is 11.4. The number of nitrogens with zero attached hydrogens (tertiary/aromatic N) is 3. The molecule has 1 unspecified atom stereocenters. The van der Waals surface area contributed by atoms with E-state index < -0.39 is 0 Å². The first-order chi connectivity index (χ1) is 15.5. The van der Waals surface area contributed by atoms with Gasteiger partial charge in [-0.1, -0.05) is 19.1 Å². The lowest BCUT2D eigenvalue weighted by Gasteiger charge is -2.28. The molecule has 2 heterocycles. The number of ether oxygens (including phenoxy) is 1. The predicted molar refractivity (Wildman–Crippen MR) is 127 cm³/mol. The van der Waals surface area contributed by atoms with Crippen LogP contribution in [0.5, 0.6) is 5.75 Å². The number of benzene rings is 1. The Morgan fingerprint density at radius 3 is 2.69 bits per heavy atom. The van der Waals surface area contributed by atoms with Gasteiger partial charge in [0.15, 0.2) is 0 Å². The van der Waals surface area contributed by atoms with E-state index in [2.05, 4.69) is 40.8 Å². The monoisotopic (exact) mass is 434 g/mol. The zero-order valence-electron chi connectivity index (χ0n) is 19.6. The Hall–Kier alpha value is -3.04. The van der Waals surface area contributed by atoms with Gasteiger partial charge >= 0.3 is 0 Å². The SMILES string of the molecule is CCCn1c(C)cc(/C=C(\C#N)C(=O)NCC(c2cccc(OC)c2)N2CCCC2)c1C. The predicted octanol–water partition coefficient (Wildman–Crippen LogP) is 4.38. The second kappa shape index (κ2) is 11.0. The molecule has 6 heteroatoms.